The zero-order valence-corrected chi connectivity index (χ0v) is 15.9. The Morgan fingerprint density at radius 3 is 2.69 bits per heavy atom. The van der Waals surface area contributed by atoms with Crippen molar-refractivity contribution in [2.75, 3.05) is 0 Å². The SMILES string of the molecule is O=C(Cn1ncc2c1CCCC2)NC(Cc1cc(F)cc(F)c1)c1ccccn1. The van der Waals surface area contributed by atoms with Crippen LogP contribution in [0.25, 0.3) is 0 Å². The van der Waals surface area contributed by atoms with Gasteiger partial charge in [-0.25, -0.2) is 8.78 Å². The number of hydrogen-bond donors (Lipinski definition) is 1. The molecule has 150 valence electrons. The van der Waals surface area contributed by atoms with Gasteiger partial charge in [0, 0.05) is 18.0 Å². The van der Waals surface area contributed by atoms with Crippen molar-refractivity contribution in [3.8, 4) is 0 Å². The van der Waals surface area contributed by atoms with Gasteiger partial charge in [0.05, 0.1) is 17.9 Å². The molecule has 0 saturated carbocycles. The quantitative estimate of drug-likeness (QED) is 0.693. The van der Waals surface area contributed by atoms with Crippen LogP contribution in [0.5, 0.6) is 0 Å². The maximum Gasteiger partial charge on any atom is 0.242 e. The van der Waals surface area contributed by atoms with Crippen LogP contribution in [0, 0.1) is 11.6 Å². The van der Waals surface area contributed by atoms with Gasteiger partial charge in [0.15, 0.2) is 0 Å². The monoisotopic (exact) mass is 396 g/mol. The number of fused-ring (bicyclic) bond motifs is 1. The molecule has 1 aromatic carbocycles. The fraction of sp³-hybridized carbons (Fsp3) is 0.318. The van der Waals surface area contributed by atoms with Gasteiger partial charge in [-0.15, -0.1) is 0 Å². The molecule has 3 aromatic rings. The van der Waals surface area contributed by atoms with Gasteiger partial charge in [-0.3, -0.25) is 14.5 Å². The summed E-state index contributed by atoms with van der Waals surface area (Å²) >= 11 is 0. The Morgan fingerprint density at radius 1 is 1.14 bits per heavy atom. The van der Waals surface area contributed by atoms with E-state index in [0.717, 1.165) is 37.4 Å². The van der Waals surface area contributed by atoms with Crippen molar-refractivity contribution in [2.45, 2.75) is 44.7 Å². The highest BCUT2D eigenvalue weighted by Crippen LogP contribution is 2.21. The molecule has 2 heterocycles. The van der Waals surface area contributed by atoms with E-state index < -0.39 is 17.7 Å². The van der Waals surface area contributed by atoms with E-state index in [1.165, 1.54) is 17.7 Å². The molecule has 0 saturated heterocycles. The van der Waals surface area contributed by atoms with E-state index in [1.54, 1.807) is 23.0 Å². The number of aromatic nitrogens is 3. The average Bonchev–Trinajstić information content (AvgIpc) is 3.10. The molecule has 0 bridgehead atoms. The summed E-state index contributed by atoms with van der Waals surface area (Å²) in [5.41, 5.74) is 3.41. The Kier molecular flexibility index (Phi) is 5.64. The first-order valence-electron chi connectivity index (χ1n) is 9.77. The van der Waals surface area contributed by atoms with Crippen molar-refractivity contribution in [2.24, 2.45) is 0 Å². The van der Waals surface area contributed by atoms with Crippen LogP contribution < -0.4 is 5.32 Å². The van der Waals surface area contributed by atoms with Crippen LogP contribution >= 0.6 is 0 Å². The minimum absolute atomic E-state index is 0.107. The number of carbonyl (C=O) groups is 1. The van der Waals surface area contributed by atoms with Gasteiger partial charge in [0.2, 0.25) is 5.91 Å². The zero-order valence-electron chi connectivity index (χ0n) is 15.9. The molecule has 1 aliphatic carbocycles. The second-order valence-electron chi connectivity index (χ2n) is 7.34. The van der Waals surface area contributed by atoms with Crippen molar-refractivity contribution >= 4 is 5.91 Å². The summed E-state index contributed by atoms with van der Waals surface area (Å²) in [5.74, 6) is -1.50. The van der Waals surface area contributed by atoms with Crippen LogP contribution in [-0.2, 0) is 30.6 Å². The lowest BCUT2D eigenvalue weighted by atomic mass is 9.98. The molecule has 1 unspecified atom stereocenters. The third kappa shape index (κ3) is 4.67. The summed E-state index contributed by atoms with van der Waals surface area (Å²) < 4.78 is 29.0. The Balaban J connectivity index is 1.52. The molecule has 1 amide bonds. The van der Waals surface area contributed by atoms with Crippen molar-refractivity contribution in [3.05, 3.63) is 82.9 Å². The van der Waals surface area contributed by atoms with Crippen LogP contribution in [0.2, 0.25) is 0 Å². The average molecular weight is 396 g/mol. The number of pyridine rings is 1. The lowest BCUT2D eigenvalue weighted by Gasteiger charge is -2.20. The Hall–Kier alpha value is -3.09. The molecule has 4 rings (SSSR count). The number of nitrogens with zero attached hydrogens (tertiary/aromatic N) is 3. The highest BCUT2D eigenvalue weighted by atomic mass is 19.1. The molecule has 2 aromatic heterocycles. The molecule has 0 radical (unpaired) electrons. The molecule has 29 heavy (non-hydrogen) atoms. The fourth-order valence-corrected chi connectivity index (χ4v) is 3.84. The zero-order chi connectivity index (χ0) is 20.2. The Bertz CT molecular complexity index is 983. The van der Waals surface area contributed by atoms with E-state index >= 15 is 0 Å². The van der Waals surface area contributed by atoms with Crippen molar-refractivity contribution in [1.29, 1.82) is 0 Å². The first-order chi connectivity index (χ1) is 14.1. The van der Waals surface area contributed by atoms with Gasteiger partial charge >= 0.3 is 0 Å². The minimum atomic E-state index is -0.644. The third-order valence-electron chi connectivity index (χ3n) is 5.18. The fourth-order valence-electron chi connectivity index (χ4n) is 3.84. The van der Waals surface area contributed by atoms with Crippen molar-refractivity contribution in [3.63, 3.8) is 0 Å². The molecular formula is C22H22F2N4O. The summed E-state index contributed by atoms with van der Waals surface area (Å²) in [6.07, 6.45) is 7.87. The van der Waals surface area contributed by atoms with Crippen LogP contribution in [0.3, 0.4) is 0 Å². The van der Waals surface area contributed by atoms with E-state index in [1.807, 2.05) is 12.3 Å². The van der Waals surface area contributed by atoms with Gasteiger partial charge < -0.3 is 5.32 Å². The van der Waals surface area contributed by atoms with Gasteiger partial charge in [-0.05, 0) is 67.5 Å². The third-order valence-corrected chi connectivity index (χ3v) is 5.18. The molecular weight excluding hydrogens is 374 g/mol. The first kappa shape index (κ1) is 19.2. The topological polar surface area (TPSA) is 59.8 Å². The number of aryl methyl sites for hydroxylation is 1. The second kappa shape index (κ2) is 8.51. The highest BCUT2D eigenvalue weighted by Gasteiger charge is 2.20. The molecule has 1 atom stereocenters. The summed E-state index contributed by atoms with van der Waals surface area (Å²) in [6, 6.07) is 8.26. The predicted octanol–water partition coefficient (Wildman–Crippen LogP) is 3.54. The van der Waals surface area contributed by atoms with Gasteiger partial charge in [0.25, 0.3) is 0 Å². The number of carbonyl (C=O) groups excluding carboxylic acids is 1. The predicted molar refractivity (Wildman–Crippen MR) is 104 cm³/mol. The van der Waals surface area contributed by atoms with Gasteiger partial charge in [-0.1, -0.05) is 6.07 Å². The number of benzene rings is 1. The van der Waals surface area contributed by atoms with E-state index in [2.05, 4.69) is 15.4 Å². The number of hydrogen-bond acceptors (Lipinski definition) is 3. The number of rotatable bonds is 6. The number of nitrogens with one attached hydrogen (secondary N) is 1. The number of amides is 1. The summed E-state index contributed by atoms with van der Waals surface area (Å²) in [5, 5.41) is 7.32. The maximum absolute atomic E-state index is 13.6. The van der Waals surface area contributed by atoms with E-state index in [0.29, 0.717) is 11.3 Å². The Labute approximate surface area is 167 Å². The lowest BCUT2D eigenvalue weighted by Crippen LogP contribution is -2.34. The molecule has 0 fully saturated rings. The maximum atomic E-state index is 13.6. The molecule has 0 spiro atoms. The van der Waals surface area contributed by atoms with Crippen LogP contribution in [0.15, 0.2) is 48.8 Å². The molecule has 0 aliphatic heterocycles. The normalized spacial score (nSPS) is 14.3. The van der Waals surface area contributed by atoms with Crippen LogP contribution in [-0.4, -0.2) is 20.7 Å². The standard InChI is InChI=1S/C22H22F2N4O/c23-17-9-15(10-18(24)12-17)11-20(19-6-3-4-8-25-19)27-22(29)14-28-21-7-2-1-5-16(21)13-26-28/h3-4,6,8-10,12-13,20H,1-2,5,7,11,14H2,(H,27,29). The Morgan fingerprint density at radius 2 is 1.93 bits per heavy atom. The first-order valence-corrected chi connectivity index (χ1v) is 9.77. The molecule has 1 aliphatic rings. The van der Waals surface area contributed by atoms with E-state index in [9.17, 15) is 13.6 Å². The van der Waals surface area contributed by atoms with E-state index in [4.69, 9.17) is 0 Å². The summed E-state index contributed by atoms with van der Waals surface area (Å²) in [7, 11) is 0. The lowest BCUT2D eigenvalue weighted by molar-refractivity contribution is -0.122. The van der Waals surface area contributed by atoms with Crippen molar-refractivity contribution in [1.82, 2.24) is 20.1 Å². The molecule has 1 N–H and O–H groups in total. The number of halogens is 2. The van der Waals surface area contributed by atoms with E-state index in [-0.39, 0.29) is 18.9 Å². The smallest absolute Gasteiger partial charge is 0.242 e. The van der Waals surface area contributed by atoms with Crippen LogP contribution in [0.4, 0.5) is 8.78 Å². The van der Waals surface area contributed by atoms with Crippen molar-refractivity contribution < 1.29 is 13.6 Å². The minimum Gasteiger partial charge on any atom is -0.346 e. The largest absolute Gasteiger partial charge is 0.346 e. The van der Waals surface area contributed by atoms with Crippen LogP contribution in [0.1, 0.15) is 41.4 Å². The molecule has 5 nitrogen and oxygen atoms in total. The van der Waals surface area contributed by atoms with Gasteiger partial charge in [-0.2, -0.15) is 5.10 Å². The highest BCUT2D eigenvalue weighted by molar-refractivity contribution is 5.76. The molecule has 7 heteroatoms. The second-order valence-corrected chi connectivity index (χ2v) is 7.34. The van der Waals surface area contributed by atoms with Gasteiger partial charge in [0.1, 0.15) is 18.2 Å². The summed E-state index contributed by atoms with van der Waals surface area (Å²) in [6.45, 7) is 0.107. The summed E-state index contributed by atoms with van der Waals surface area (Å²) in [4.78, 5) is 17.1.